The molecule has 0 radical (unpaired) electrons. The Morgan fingerprint density at radius 1 is 0.935 bits per heavy atom. The van der Waals surface area contributed by atoms with Crippen LogP contribution in [-0.2, 0) is 28.8 Å². The fourth-order valence-electron chi connectivity index (χ4n) is 2.22. The van der Waals surface area contributed by atoms with Gasteiger partial charge in [0, 0.05) is 12.2 Å². The fraction of sp³-hybridized carbons (Fsp3) is 0.625. The van der Waals surface area contributed by atoms with Crippen molar-refractivity contribution in [1.29, 1.82) is 0 Å². The molecule has 0 bridgehead atoms. The number of thiol groups is 1. The topological polar surface area (TPSA) is 251 Å². The number of aliphatic hydroxyl groups is 1. The lowest BCUT2D eigenvalue weighted by molar-refractivity contribution is -0.145. The zero-order valence-electron chi connectivity index (χ0n) is 16.6. The van der Waals surface area contributed by atoms with Gasteiger partial charge in [-0.1, -0.05) is 0 Å². The van der Waals surface area contributed by atoms with Crippen molar-refractivity contribution in [3.8, 4) is 0 Å². The Morgan fingerprint density at radius 2 is 1.45 bits per heavy atom. The summed E-state index contributed by atoms with van der Waals surface area (Å²) in [5.41, 5.74) is 10.5. The smallest absolute Gasteiger partial charge is 0.328 e. The molecule has 0 saturated carbocycles. The highest BCUT2D eigenvalue weighted by atomic mass is 32.1. The van der Waals surface area contributed by atoms with Crippen molar-refractivity contribution in [2.75, 3.05) is 5.75 Å². The number of carboxylic acids is 2. The van der Waals surface area contributed by atoms with Crippen LogP contribution in [0, 0.1) is 0 Å². The SMILES string of the molecule is CC(O)C(NC(=O)C(CCC(N)=O)NC(=O)C(CS)NC(=O)C(N)CC(=O)O)C(=O)O. The first kappa shape index (κ1) is 28.1. The number of aliphatic carboxylic acids is 2. The highest BCUT2D eigenvalue weighted by Crippen LogP contribution is 2.03. The minimum atomic E-state index is -1.69. The quantitative estimate of drug-likeness (QED) is 0.112. The molecule has 0 aromatic carbocycles. The van der Waals surface area contributed by atoms with Crippen molar-refractivity contribution in [2.45, 2.75) is 56.5 Å². The van der Waals surface area contributed by atoms with Gasteiger partial charge in [-0.3, -0.25) is 24.0 Å². The average Bonchev–Trinajstić information content (AvgIpc) is 2.65. The number of carbonyl (C=O) groups excluding carboxylic acids is 4. The van der Waals surface area contributed by atoms with Crippen LogP contribution in [0.3, 0.4) is 0 Å². The predicted octanol–water partition coefficient (Wildman–Crippen LogP) is -4.10. The van der Waals surface area contributed by atoms with E-state index in [2.05, 4.69) is 23.3 Å². The van der Waals surface area contributed by atoms with Crippen molar-refractivity contribution in [1.82, 2.24) is 16.0 Å². The van der Waals surface area contributed by atoms with Gasteiger partial charge in [-0.05, 0) is 13.3 Å². The predicted molar refractivity (Wildman–Crippen MR) is 108 cm³/mol. The molecule has 0 saturated heterocycles. The van der Waals surface area contributed by atoms with Crippen LogP contribution in [0.25, 0.3) is 0 Å². The summed E-state index contributed by atoms with van der Waals surface area (Å²) < 4.78 is 0. The third kappa shape index (κ3) is 10.6. The molecule has 0 spiro atoms. The molecule has 31 heavy (non-hydrogen) atoms. The largest absolute Gasteiger partial charge is 0.481 e. The molecule has 15 heteroatoms. The number of nitrogens with two attached hydrogens (primary N) is 2. The molecule has 10 N–H and O–H groups in total. The summed E-state index contributed by atoms with van der Waals surface area (Å²) in [7, 11) is 0. The summed E-state index contributed by atoms with van der Waals surface area (Å²) >= 11 is 3.92. The van der Waals surface area contributed by atoms with Gasteiger partial charge in [0.1, 0.15) is 12.1 Å². The minimum absolute atomic E-state index is 0.257. The van der Waals surface area contributed by atoms with Gasteiger partial charge in [0.15, 0.2) is 6.04 Å². The molecular weight excluding hydrogens is 438 g/mol. The average molecular weight is 465 g/mol. The summed E-state index contributed by atoms with van der Waals surface area (Å²) in [5.74, 6) is -6.81. The number of hydrogen-bond acceptors (Lipinski definition) is 9. The monoisotopic (exact) mass is 465 g/mol. The van der Waals surface area contributed by atoms with Gasteiger partial charge in [-0.2, -0.15) is 12.6 Å². The third-order valence-electron chi connectivity index (χ3n) is 3.91. The second-order valence-corrected chi connectivity index (χ2v) is 6.94. The van der Waals surface area contributed by atoms with Crippen LogP contribution in [0.2, 0.25) is 0 Å². The van der Waals surface area contributed by atoms with Gasteiger partial charge < -0.3 is 42.7 Å². The summed E-state index contributed by atoms with van der Waals surface area (Å²) in [6.45, 7) is 1.13. The van der Waals surface area contributed by atoms with E-state index in [0.717, 1.165) is 6.92 Å². The van der Waals surface area contributed by atoms with Gasteiger partial charge in [0.25, 0.3) is 0 Å². The zero-order valence-corrected chi connectivity index (χ0v) is 17.5. The summed E-state index contributed by atoms with van der Waals surface area (Å²) in [5, 5.41) is 33.7. The van der Waals surface area contributed by atoms with Crippen LogP contribution in [0.4, 0.5) is 0 Å². The molecule has 5 atom stereocenters. The second-order valence-electron chi connectivity index (χ2n) is 6.58. The molecule has 176 valence electrons. The Labute approximate surface area is 182 Å². The van der Waals surface area contributed by atoms with E-state index >= 15 is 0 Å². The first-order valence-electron chi connectivity index (χ1n) is 8.98. The van der Waals surface area contributed by atoms with Crippen LogP contribution < -0.4 is 27.4 Å². The van der Waals surface area contributed by atoms with Crippen molar-refractivity contribution in [3.63, 3.8) is 0 Å². The molecule has 0 heterocycles. The number of primary amides is 1. The summed E-state index contributed by atoms with van der Waals surface area (Å²) in [6, 6.07) is -5.89. The number of carbonyl (C=O) groups is 6. The molecule has 14 nitrogen and oxygen atoms in total. The van der Waals surface area contributed by atoms with Crippen LogP contribution in [-0.4, -0.2) is 86.9 Å². The van der Waals surface area contributed by atoms with E-state index in [1.807, 2.05) is 5.32 Å². The summed E-state index contributed by atoms with van der Waals surface area (Å²) in [4.78, 5) is 69.7. The van der Waals surface area contributed by atoms with Gasteiger partial charge in [-0.15, -0.1) is 0 Å². The first-order chi connectivity index (χ1) is 14.3. The lowest BCUT2D eigenvalue weighted by atomic mass is 10.1. The molecule has 5 unspecified atom stereocenters. The Kier molecular flexibility index (Phi) is 12.1. The van der Waals surface area contributed by atoms with E-state index in [4.69, 9.17) is 21.7 Å². The van der Waals surface area contributed by atoms with Crippen molar-refractivity contribution >= 4 is 48.2 Å². The number of aliphatic hydroxyl groups excluding tert-OH is 1. The molecule has 0 aromatic rings. The van der Waals surface area contributed by atoms with E-state index < -0.39 is 72.3 Å². The van der Waals surface area contributed by atoms with E-state index in [1.165, 1.54) is 0 Å². The number of amides is 4. The van der Waals surface area contributed by atoms with Crippen molar-refractivity contribution < 1.29 is 44.1 Å². The lowest BCUT2D eigenvalue weighted by Gasteiger charge is -2.25. The molecule has 0 aliphatic carbocycles. The highest BCUT2D eigenvalue weighted by Gasteiger charge is 2.31. The Hall–Kier alpha value is -2.91. The Bertz CT molecular complexity index is 703. The number of carboxylic acid groups (broad SMARTS) is 2. The summed E-state index contributed by atoms with van der Waals surface area (Å²) in [6.07, 6.45) is -2.79. The van der Waals surface area contributed by atoms with E-state index in [9.17, 15) is 33.9 Å². The van der Waals surface area contributed by atoms with Gasteiger partial charge in [-0.25, -0.2) is 4.79 Å². The normalized spacial score (nSPS) is 15.5. The van der Waals surface area contributed by atoms with Gasteiger partial charge in [0.05, 0.1) is 18.6 Å². The van der Waals surface area contributed by atoms with E-state index in [-0.39, 0.29) is 18.6 Å². The minimum Gasteiger partial charge on any atom is -0.481 e. The van der Waals surface area contributed by atoms with E-state index in [1.54, 1.807) is 0 Å². The Morgan fingerprint density at radius 3 is 1.87 bits per heavy atom. The van der Waals surface area contributed by atoms with Crippen molar-refractivity contribution in [2.24, 2.45) is 11.5 Å². The maximum absolute atomic E-state index is 12.5. The number of rotatable bonds is 14. The fourth-order valence-corrected chi connectivity index (χ4v) is 2.48. The molecule has 0 fully saturated rings. The standard InChI is InChI=1S/C16H27N5O9S/c1-6(22)12(16(29)30)21-14(27)8(2-3-10(18)23)19-15(28)9(5-31)20-13(26)7(17)4-11(24)25/h6-9,12,22,31H,2-5,17H2,1H3,(H2,18,23)(H,19,28)(H,20,26)(H,21,27)(H,24,25)(H,29,30). The van der Waals surface area contributed by atoms with Gasteiger partial charge >= 0.3 is 11.9 Å². The molecular formula is C16H27N5O9S. The maximum atomic E-state index is 12.5. The molecule has 4 amide bonds. The molecule has 0 aliphatic heterocycles. The number of hydrogen-bond donors (Lipinski definition) is 9. The van der Waals surface area contributed by atoms with Crippen LogP contribution in [0.1, 0.15) is 26.2 Å². The molecule has 0 aromatic heterocycles. The molecule has 0 rings (SSSR count). The molecule has 0 aliphatic rings. The Balaban J connectivity index is 5.33. The zero-order chi connectivity index (χ0) is 24.3. The lowest BCUT2D eigenvalue weighted by Crippen LogP contribution is -2.58. The number of nitrogens with one attached hydrogen (secondary N) is 3. The first-order valence-corrected chi connectivity index (χ1v) is 9.61. The second kappa shape index (κ2) is 13.4. The highest BCUT2D eigenvalue weighted by molar-refractivity contribution is 7.80. The van der Waals surface area contributed by atoms with Crippen LogP contribution >= 0.6 is 12.6 Å². The van der Waals surface area contributed by atoms with E-state index in [0.29, 0.717) is 0 Å². The maximum Gasteiger partial charge on any atom is 0.328 e. The third-order valence-corrected chi connectivity index (χ3v) is 4.27. The van der Waals surface area contributed by atoms with Crippen molar-refractivity contribution in [3.05, 3.63) is 0 Å². The van der Waals surface area contributed by atoms with Crippen LogP contribution in [0.15, 0.2) is 0 Å². The van der Waals surface area contributed by atoms with Gasteiger partial charge in [0.2, 0.25) is 23.6 Å². The van der Waals surface area contributed by atoms with Crippen LogP contribution in [0.5, 0.6) is 0 Å².